The lowest BCUT2D eigenvalue weighted by Crippen LogP contribution is -2.45. The molecular weight excluding hydrogens is 254 g/mol. The quantitative estimate of drug-likeness (QED) is 0.805. The highest BCUT2D eigenvalue weighted by atomic mass is 16.2. The Labute approximate surface area is 119 Å². The number of anilines is 1. The zero-order chi connectivity index (χ0) is 15.2. The van der Waals surface area contributed by atoms with Gasteiger partial charge in [-0.2, -0.15) is 5.26 Å². The zero-order valence-electron chi connectivity index (χ0n) is 12.0. The second-order valence-corrected chi connectivity index (χ2v) is 4.99. The summed E-state index contributed by atoms with van der Waals surface area (Å²) in [7, 11) is 0. The molecule has 0 aliphatic carbocycles. The lowest BCUT2D eigenvalue weighted by atomic mass is 9.90. The van der Waals surface area contributed by atoms with Crippen molar-refractivity contribution in [2.45, 2.75) is 27.2 Å². The average Bonchev–Trinajstić information content (AvgIpc) is 2.45. The van der Waals surface area contributed by atoms with E-state index in [0.717, 1.165) is 6.42 Å². The van der Waals surface area contributed by atoms with Crippen LogP contribution in [0.3, 0.4) is 0 Å². The molecule has 5 heteroatoms. The fourth-order valence-electron chi connectivity index (χ4n) is 1.53. The Hall–Kier alpha value is -2.35. The van der Waals surface area contributed by atoms with E-state index in [4.69, 9.17) is 5.26 Å². The number of rotatable bonds is 5. The highest BCUT2D eigenvalue weighted by molar-refractivity contribution is 6.10. The Balaban J connectivity index is 2.84. The van der Waals surface area contributed by atoms with Crippen LogP contribution in [0.5, 0.6) is 0 Å². The third kappa shape index (κ3) is 3.58. The van der Waals surface area contributed by atoms with Gasteiger partial charge in [0.1, 0.15) is 11.5 Å². The van der Waals surface area contributed by atoms with Gasteiger partial charge < -0.3 is 10.6 Å². The Kier molecular flexibility index (Phi) is 5.27. The summed E-state index contributed by atoms with van der Waals surface area (Å²) in [5.74, 6) is -0.764. The maximum absolute atomic E-state index is 12.2. The minimum atomic E-state index is -1.20. The lowest BCUT2D eigenvalue weighted by molar-refractivity contribution is -0.138. The number of amides is 2. The highest BCUT2D eigenvalue weighted by Gasteiger charge is 2.36. The predicted molar refractivity (Wildman–Crippen MR) is 76.9 cm³/mol. The van der Waals surface area contributed by atoms with E-state index in [2.05, 4.69) is 10.6 Å². The Morgan fingerprint density at radius 2 is 1.90 bits per heavy atom. The first-order valence-electron chi connectivity index (χ1n) is 6.52. The topological polar surface area (TPSA) is 82.0 Å². The molecule has 0 aliphatic rings. The van der Waals surface area contributed by atoms with Gasteiger partial charge in [0.2, 0.25) is 11.8 Å². The second-order valence-electron chi connectivity index (χ2n) is 4.99. The van der Waals surface area contributed by atoms with Gasteiger partial charge in [-0.1, -0.05) is 19.1 Å². The van der Waals surface area contributed by atoms with Crippen LogP contribution in [0, 0.1) is 16.7 Å². The van der Waals surface area contributed by atoms with Gasteiger partial charge in [0, 0.05) is 6.54 Å². The maximum Gasteiger partial charge on any atom is 0.239 e. The van der Waals surface area contributed by atoms with Crippen molar-refractivity contribution in [2.24, 2.45) is 5.41 Å². The average molecular weight is 273 g/mol. The minimum absolute atomic E-state index is 0.328. The predicted octanol–water partition coefficient (Wildman–Crippen LogP) is 2.05. The molecule has 0 atom stereocenters. The second kappa shape index (κ2) is 6.71. The van der Waals surface area contributed by atoms with E-state index >= 15 is 0 Å². The van der Waals surface area contributed by atoms with Gasteiger partial charge in [0.25, 0.3) is 0 Å². The van der Waals surface area contributed by atoms with Crippen LogP contribution in [0.15, 0.2) is 24.3 Å². The molecule has 20 heavy (non-hydrogen) atoms. The summed E-state index contributed by atoms with van der Waals surface area (Å²) in [6.07, 6.45) is 0.806. The molecule has 2 amide bonds. The molecule has 1 rings (SSSR count). The number of hydrogen-bond acceptors (Lipinski definition) is 3. The monoisotopic (exact) mass is 273 g/mol. The number of nitriles is 1. The van der Waals surface area contributed by atoms with Gasteiger partial charge in [-0.15, -0.1) is 0 Å². The van der Waals surface area contributed by atoms with Crippen LogP contribution >= 0.6 is 0 Å². The molecule has 0 saturated heterocycles. The minimum Gasteiger partial charge on any atom is -0.355 e. The largest absolute Gasteiger partial charge is 0.355 e. The highest BCUT2D eigenvalue weighted by Crippen LogP contribution is 2.21. The van der Waals surface area contributed by atoms with Crippen molar-refractivity contribution in [3.8, 4) is 6.07 Å². The number of carbonyl (C=O) groups is 2. The summed E-state index contributed by atoms with van der Waals surface area (Å²) >= 11 is 0. The molecule has 0 heterocycles. The number of benzene rings is 1. The van der Waals surface area contributed by atoms with Gasteiger partial charge in [-0.25, -0.2) is 0 Å². The fraction of sp³-hybridized carbons (Fsp3) is 0.400. The van der Waals surface area contributed by atoms with Crippen LogP contribution in [0.25, 0.3) is 0 Å². The Bertz CT molecular complexity index is 544. The van der Waals surface area contributed by atoms with E-state index in [1.165, 1.54) is 0 Å². The third-order valence-electron chi connectivity index (χ3n) is 2.97. The van der Waals surface area contributed by atoms with Gasteiger partial charge in [-0.05, 0) is 32.4 Å². The van der Waals surface area contributed by atoms with E-state index < -0.39 is 11.3 Å². The standard InChI is InChI=1S/C15H19N3O2/c1-4-9-17-13(19)15(2,3)14(20)18-12-8-6-5-7-11(12)10-16/h5-8H,4,9H2,1-3H3,(H,17,19)(H,18,20). The van der Waals surface area contributed by atoms with Gasteiger partial charge in [-0.3, -0.25) is 9.59 Å². The zero-order valence-corrected chi connectivity index (χ0v) is 12.0. The van der Waals surface area contributed by atoms with Crippen LogP contribution < -0.4 is 10.6 Å². The van der Waals surface area contributed by atoms with Crippen molar-refractivity contribution in [2.75, 3.05) is 11.9 Å². The van der Waals surface area contributed by atoms with Gasteiger partial charge in [0.05, 0.1) is 11.3 Å². The van der Waals surface area contributed by atoms with E-state index in [1.54, 1.807) is 38.1 Å². The Morgan fingerprint density at radius 1 is 1.25 bits per heavy atom. The molecule has 0 aliphatic heterocycles. The summed E-state index contributed by atoms with van der Waals surface area (Å²) < 4.78 is 0. The number of carbonyl (C=O) groups excluding carboxylic acids is 2. The normalized spacial score (nSPS) is 10.5. The molecule has 1 aromatic rings. The van der Waals surface area contributed by atoms with Crippen LogP contribution in [0.4, 0.5) is 5.69 Å². The molecule has 0 bridgehead atoms. The molecule has 0 radical (unpaired) electrons. The summed E-state index contributed by atoms with van der Waals surface area (Å²) in [4.78, 5) is 24.2. The van der Waals surface area contributed by atoms with Gasteiger partial charge >= 0.3 is 0 Å². The van der Waals surface area contributed by atoms with Crippen molar-refractivity contribution in [3.63, 3.8) is 0 Å². The molecule has 0 saturated carbocycles. The summed E-state index contributed by atoms with van der Waals surface area (Å²) in [5, 5.41) is 14.3. The molecule has 0 fully saturated rings. The number of nitrogens with one attached hydrogen (secondary N) is 2. The van der Waals surface area contributed by atoms with Gasteiger partial charge in [0.15, 0.2) is 0 Å². The Morgan fingerprint density at radius 3 is 2.50 bits per heavy atom. The van der Waals surface area contributed by atoms with E-state index in [0.29, 0.717) is 17.8 Å². The number of para-hydroxylation sites is 1. The van der Waals surface area contributed by atoms with Crippen LogP contribution in [0.2, 0.25) is 0 Å². The number of nitrogens with zero attached hydrogens (tertiary/aromatic N) is 1. The first-order valence-corrected chi connectivity index (χ1v) is 6.52. The van der Waals surface area contributed by atoms with E-state index in [9.17, 15) is 9.59 Å². The fourth-order valence-corrected chi connectivity index (χ4v) is 1.53. The maximum atomic E-state index is 12.2. The van der Waals surface area contributed by atoms with Crippen molar-refractivity contribution in [3.05, 3.63) is 29.8 Å². The van der Waals surface area contributed by atoms with Crippen LogP contribution in [0.1, 0.15) is 32.8 Å². The van der Waals surface area contributed by atoms with Crippen molar-refractivity contribution in [1.29, 1.82) is 5.26 Å². The molecule has 0 unspecified atom stereocenters. The first-order chi connectivity index (χ1) is 9.43. The van der Waals surface area contributed by atoms with Crippen LogP contribution in [-0.2, 0) is 9.59 Å². The number of hydrogen-bond donors (Lipinski definition) is 2. The summed E-state index contributed by atoms with van der Waals surface area (Å²) in [6, 6.07) is 8.69. The summed E-state index contributed by atoms with van der Waals surface area (Å²) in [5.41, 5.74) is -0.417. The molecular formula is C15H19N3O2. The SMILES string of the molecule is CCCNC(=O)C(C)(C)C(=O)Nc1ccccc1C#N. The van der Waals surface area contributed by atoms with Crippen molar-refractivity contribution < 1.29 is 9.59 Å². The molecule has 106 valence electrons. The third-order valence-corrected chi connectivity index (χ3v) is 2.97. The molecule has 0 spiro atoms. The molecule has 1 aromatic carbocycles. The first kappa shape index (κ1) is 15.7. The van der Waals surface area contributed by atoms with Crippen molar-refractivity contribution in [1.82, 2.24) is 5.32 Å². The molecule has 0 aromatic heterocycles. The summed E-state index contributed by atoms with van der Waals surface area (Å²) in [6.45, 7) is 5.59. The van der Waals surface area contributed by atoms with E-state index in [-0.39, 0.29) is 5.91 Å². The molecule has 5 nitrogen and oxygen atoms in total. The molecule has 2 N–H and O–H groups in total. The van der Waals surface area contributed by atoms with Crippen molar-refractivity contribution >= 4 is 17.5 Å². The smallest absolute Gasteiger partial charge is 0.239 e. The lowest BCUT2D eigenvalue weighted by Gasteiger charge is -2.22. The van der Waals surface area contributed by atoms with Crippen LogP contribution in [-0.4, -0.2) is 18.4 Å². The van der Waals surface area contributed by atoms with E-state index in [1.807, 2.05) is 13.0 Å².